The van der Waals surface area contributed by atoms with Crippen LogP contribution >= 0.6 is 11.3 Å². The number of carbonyl (C=O) groups excluding carboxylic acids is 1. The molecule has 1 aliphatic heterocycles. The maximum absolute atomic E-state index is 12.7. The number of hydrogen-bond donors (Lipinski definition) is 1. The molecule has 2 heterocycles. The average Bonchev–Trinajstić information content (AvgIpc) is 3.37. The minimum Gasteiger partial charge on any atom is -0.496 e. The molecule has 33 heavy (non-hydrogen) atoms. The Labute approximate surface area is 199 Å². The van der Waals surface area contributed by atoms with Crippen molar-refractivity contribution in [1.82, 2.24) is 4.90 Å². The van der Waals surface area contributed by atoms with Crippen molar-refractivity contribution in [3.63, 3.8) is 0 Å². The zero-order valence-corrected chi connectivity index (χ0v) is 19.9. The lowest BCUT2D eigenvalue weighted by Gasteiger charge is -2.28. The van der Waals surface area contributed by atoms with Gasteiger partial charge in [0, 0.05) is 61.0 Å². The number of anilines is 2. The Morgan fingerprint density at radius 1 is 1.06 bits per heavy atom. The monoisotopic (exact) mass is 465 g/mol. The zero-order valence-electron chi connectivity index (χ0n) is 19.0. The number of nitrogens with one attached hydrogen (secondary N) is 1. The third-order valence-corrected chi connectivity index (χ3v) is 6.59. The van der Waals surface area contributed by atoms with Gasteiger partial charge in [-0.15, -0.1) is 11.3 Å². The summed E-state index contributed by atoms with van der Waals surface area (Å²) in [5, 5.41) is 5.13. The van der Waals surface area contributed by atoms with Crippen molar-refractivity contribution in [3.8, 4) is 5.75 Å². The summed E-state index contributed by atoms with van der Waals surface area (Å²) in [6, 6.07) is 20.3. The highest BCUT2D eigenvalue weighted by molar-refractivity contribution is 7.09. The molecule has 2 aromatic carbocycles. The number of carbonyl (C=O) groups is 1. The Hall–Kier alpha value is -2.87. The molecule has 1 fully saturated rings. The molecule has 0 saturated carbocycles. The van der Waals surface area contributed by atoms with E-state index >= 15 is 0 Å². The number of benzene rings is 2. The van der Waals surface area contributed by atoms with Crippen molar-refractivity contribution in [2.45, 2.75) is 19.5 Å². The lowest BCUT2D eigenvalue weighted by Crippen LogP contribution is -2.36. The van der Waals surface area contributed by atoms with Crippen LogP contribution in [0, 0.1) is 0 Å². The third kappa shape index (κ3) is 6.81. The number of thiophene rings is 1. The summed E-state index contributed by atoms with van der Waals surface area (Å²) in [6.07, 6.45) is 0.422. The van der Waals surface area contributed by atoms with Gasteiger partial charge in [-0.1, -0.05) is 24.3 Å². The van der Waals surface area contributed by atoms with E-state index in [1.54, 1.807) is 18.4 Å². The number of nitrogens with zero attached hydrogens (tertiary/aromatic N) is 2. The van der Waals surface area contributed by atoms with E-state index in [9.17, 15) is 4.79 Å². The Bertz CT molecular complexity index is 1000. The lowest BCUT2D eigenvalue weighted by atomic mass is 10.1. The molecule has 7 heteroatoms. The van der Waals surface area contributed by atoms with Crippen molar-refractivity contribution < 1.29 is 14.3 Å². The van der Waals surface area contributed by atoms with Gasteiger partial charge in [-0.2, -0.15) is 0 Å². The first-order valence-corrected chi connectivity index (χ1v) is 12.2. The molecule has 1 saturated heterocycles. The molecule has 0 radical (unpaired) electrons. The largest absolute Gasteiger partial charge is 0.496 e. The van der Waals surface area contributed by atoms with Crippen molar-refractivity contribution in [2.75, 3.05) is 50.2 Å². The second kappa shape index (κ2) is 11.8. The smallest absolute Gasteiger partial charge is 0.225 e. The van der Waals surface area contributed by atoms with Gasteiger partial charge in [-0.3, -0.25) is 9.69 Å². The first-order chi connectivity index (χ1) is 16.2. The van der Waals surface area contributed by atoms with Gasteiger partial charge in [0.15, 0.2) is 0 Å². The highest BCUT2D eigenvalue weighted by Gasteiger charge is 2.14. The quantitative estimate of drug-likeness (QED) is 0.473. The van der Waals surface area contributed by atoms with Gasteiger partial charge in [-0.05, 0) is 41.8 Å². The van der Waals surface area contributed by atoms with Crippen molar-refractivity contribution >= 4 is 28.6 Å². The molecule has 0 atom stereocenters. The first kappa shape index (κ1) is 23.3. The predicted molar refractivity (Wildman–Crippen MR) is 134 cm³/mol. The van der Waals surface area contributed by atoms with E-state index in [-0.39, 0.29) is 5.91 Å². The molecule has 4 rings (SSSR count). The van der Waals surface area contributed by atoms with Gasteiger partial charge < -0.3 is 19.7 Å². The summed E-state index contributed by atoms with van der Waals surface area (Å²) in [5.74, 6) is 0.892. The molecule has 3 aromatic rings. The number of methoxy groups -OCH3 is 1. The normalized spacial score (nSPS) is 13.8. The lowest BCUT2D eigenvalue weighted by molar-refractivity contribution is -0.116. The maximum atomic E-state index is 12.7. The van der Waals surface area contributed by atoms with E-state index in [0.717, 1.165) is 62.1 Å². The molecular formula is C26H31N3O3S. The highest BCUT2D eigenvalue weighted by atomic mass is 32.1. The second-order valence-corrected chi connectivity index (χ2v) is 9.08. The number of para-hydroxylation sites is 1. The summed E-state index contributed by atoms with van der Waals surface area (Å²) in [5.41, 5.74) is 3.11. The Balaban J connectivity index is 1.34. The molecule has 1 aliphatic rings. The molecule has 0 aliphatic carbocycles. The number of amides is 1. The molecular weight excluding hydrogens is 434 g/mol. The van der Waals surface area contributed by atoms with Crippen LogP contribution in [0.5, 0.6) is 5.75 Å². The molecule has 0 bridgehead atoms. The zero-order chi connectivity index (χ0) is 22.9. The number of ether oxygens (including phenoxy) is 2. The van der Waals surface area contributed by atoms with Gasteiger partial charge in [0.05, 0.1) is 20.3 Å². The summed E-state index contributed by atoms with van der Waals surface area (Å²) < 4.78 is 10.9. The topological polar surface area (TPSA) is 54.0 Å². The van der Waals surface area contributed by atoms with E-state index in [1.807, 2.05) is 30.3 Å². The van der Waals surface area contributed by atoms with Crippen molar-refractivity contribution in [2.24, 2.45) is 0 Å². The number of rotatable bonds is 10. The van der Waals surface area contributed by atoms with E-state index in [1.165, 1.54) is 4.88 Å². The Morgan fingerprint density at radius 2 is 1.85 bits per heavy atom. The highest BCUT2D eigenvalue weighted by Crippen LogP contribution is 2.22. The fourth-order valence-electron chi connectivity index (χ4n) is 3.97. The van der Waals surface area contributed by atoms with E-state index < -0.39 is 0 Å². The van der Waals surface area contributed by atoms with Crippen LogP contribution in [0.4, 0.5) is 11.4 Å². The summed E-state index contributed by atoms with van der Waals surface area (Å²) in [4.78, 5) is 18.6. The summed E-state index contributed by atoms with van der Waals surface area (Å²) in [6.45, 7) is 5.51. The molecule has 0 spiro atoms. The summed E-state index contributed by atoms with van der Waals surface area (Å²) >= 11 is 1.74. The number of hydrogen-bond acceptors (Lipinski definition) is 6. The third-order valence-electron chi connectivity index (χ3n) is 5.73. The van der Waals surface area contributed by atoms with Crippen LogP contribution in [0.25, 0.3) is 0 Å². The van der Waals surface area contributed by atoms with E-state index in [4.69, 9.17) is 9.47 Å². The molecule has 174 valence electrons. The molecule has 6 nitrogen and oxygen atoms in total. The van der Waals surface area contributed by atoms with Crippen LogP contribution in [0.3, 0.4) is 0 Å². The van der Waals surface area contributed by atoms with Crippen LogP contribution in [-0.4, -0.2) is 50.8 Å². The Morgan fingerprint density at radius 3 is 2.58 bits per heavy atom. The molecule has 0 unspecified atom stereocenters. The van der Waals surface area contributed by atoms with Crippen LogP contribution < -0.4 is 15.0 Å². The number of morpholine rings is 1. The molecule has 1 aromatic heterocycles. The fourth-order valence-corrected chi connectivity index (χ4v) is 4.72. The van der Waals surface area contributed by atoms with Crippen molar-refractivity contribution in [1.29, 1.82) is 0 Å². The fraction of sp³-hybridized carbons (Fsp3) is 0.346. The summed E-state index contributed by atoms with van der Waals surface area (Å²) in [7, 11) is 1.69. The van der Waals surface area contributed by atoms with Gasteiger partial charge in [0.1, 0.15) is 5.75 Å². The second-order valence-electron chi connectivity index (χ2n) is 8.05. The van der Waals surface area contributed by atoms with Gasteiger partial charge in [-0.25, -0.2) is 0 Å². The van der Waals surface area contributed by atoms with E-state index in [2.05, 4.69) is 50.8 Å². The first-order valence-electron chi connectivity index (χ1n) is 11.3. The van der Waals surface area contributed by atoms with Gasteiger partial charge in [0.2, 0.25) is 5.91 Å². The minimum atomic E-state index is 0.0188. The van der Waals surface area contributed by atoms with Crippen LogP contribution in [0.2, 0.25) is 0 Å². The van der Waals surface area contributed by atoms with Gasteiger partial charge >= 0.3 is 0 Å². The molecule has 1 N–H and O–H groups in total. The van der Waals surface area contributed by atoms with Crippen molar-refractivity contribution in [3.05, 3.63) is 76.5 Å². The SMILES string of the molecule is COc1ccccc1CN(CCC(=O)Nc1ccc(N2CCOCC2)cc1)Cc1cccs1. The predicted octanol–water partition coefficient (Wildman–Crippen LogP) is 4.62. The minimum absolute atomic E-state index is 0.0188. The van der Waals surface area contributed by atoms with E-state index in [0.29, 0.717) is 13.0 Å². The standard InChI is InChI=1S/C26H31N3O3S/c1-31-25-7-3-2-5-21(25)19-28(20-24-6-4-18-33-24)13-12-26(30)27-22-8-10-23(11-9-22)29-14-16-32-17-15-29/h2-11,18H,12-17,19-20H2,1H3,(H,27,30). The van der Waals surface area contributed by atoms with Gasteiger partial charge in [0.25, 0.3) is 0 Å². The molecule has 1 amide bonds. The van der Waals surface area contributed by atoms with Crippen LogP contribution in [0.1, 0.15) is 16.9 Å². The van der Waals surface area contributed by atoms with Crippen LogP contribution in [-0.2, 0) is 22.6 Å². The maximum Gasteiger partial charge on any atom is 0.225 e. The Kier molecular flexibility index (Phi) is 8.35. The van der Waals surface area contributed by atoms with Crippen LogP contribution in [0.15, 0.2) is 66.0 Å². The average molecular weight is 466 g/mol.